The number of carboxylic acids is 1. The van der Waals surface area contributed by atoms with Gasteiger partial charge in [0, 0.05) is 17.4 Å². The lowest BCUT2D eigenvalue weighted by Crippen LogP contribution is -2.45. The van der Waals surface area contributed by atoms with Gasteiger partial charge in [-0.1, -0.05) is 6.07 Å². The molecule has 248 valence electrons. The minimum Gasteiger partial charge on any atom is -0.496 e. The summed E-state index contributed by atoms with van der Waals surface area (Å²) in [5, 5.41) is 17.9. The van der Waals surface area contributed by atoms with Gasteiger partial charge in [-0.15, -0.1) is 0 Å². The number of alkyl halides is 3. The highest BCUT2D eigenvalue weighted by Gasteiger charge is 2.38. The number of amidine groups is 1. The molecule has 1 aromatic heterocycles. The van der Waals surface area contributed by atoms with Crippen LogP contribution in [0.4, 0.5) is 18.9 Å². The molecule has 16 heteroatoms. The van der Waals surface area contributed by atoms with Crippen LogP contribution in [0.3, 0.4) is 0 Å². The molecule has 0 radical (unpaired) electrons. The Kier molecular flexibility index (Phi) is 13.2. The molecule has 46 heavy (non-hydrogen) atoms. The zero-order valence-corrected chi connectivity index (χ0v) is 25.6. The van der Waals surface area contributed by atoms with E-state index in [0.29, 0.717) is 46.4 Å². The van der Waals surface area contributed by atoms with Crippen molar-refractivity contribution in [2.75, 3.05) is 19.0 Å². The van der Waals surface area contributed by atoms with Gasteiger partial charge in [0.25, 0.3) is 11.8 Å². The fraction of sp³-hybridized carbons (Fsp3) is 0.300. The smallest absolute Gasteiger partial charge is 0.490 e. The highest BCUT2D eigenvalue weighted by molar-refractivity contribution is 5.99. The number of hydrogen-bond acceptors (Lipinski definition) is 9. The number of hydrazine groups is 1. The summed E-state index contributed by atoms with van der Waals surface area (Å²) in [6.45, 7) is 7.75. The molecule has 0 aliphatic rings. The van der Waals surface area contributed by atoms with Crippen molar-refractivity contribution >= 4 is 29.3 Å². The third-order valence-corrected chi connectivity index (χ3v) is 5.82. The maximum atomic E-state index is 13.5. The maximum absolute atomic E-state index is 13.5. The molecule has 3 rings (SSSR count). The largest absolute Gasteiger partial charge is 0.496 e. The van der Waals surface area contributed by atoms with Crippen LogP contribution in [0.15, 0.2) is 54.7 Å². The average molecular weight is 649 g/mol. The first-order valence-corrected chi connectivity index (χ1v) is 13.6. The number of hydrogen-bond donors (Lipinski definition) is 6. The molecular formula is C30H35F3N6O7. The highest BCUT2D eigenvalue weighted by atomic mass is 19.4. The summed E-state index contributed by atoms with van der Waals surface area (Å²) in [5.74, 6) is -2.58. The number of aliphatic carboxylic acids is 1. The van der Waals surface area contributed by atoms with Gasteiger partial charge in [-0.2, -0.15) is 13.2 Å². The number of carboxylic acid groups (broad SMARTS) is 1. The maximum Gasteiger partial charge on any atom is 0.490 e. The Morgan fingerprint density at radius 2 is 1.65 bits per heavy atom. The first-order chi connectivity index (χ1) is 21.6. The summed E-state index contributed by atoms with van der Waals surface area (Å²) >= 11 is 0. The molecule has 0 aliphatic carbocycles. The molecule has 0 spiro atoms. The molecule has 2 aromatic carbocycles. The van der Waals surface area contributed by atoms with E-state index in [1.54, 1.807) is 55.5 Å². The number of carbonyl (C=O) groups excluding carboxylic acids is 2. The first-order valence-electron chi connectivity index (χ1n) is 13.6. The van der Waals surface area contributed by atoms with Crippen LogP contribution in [0, 0.1) is 12.3 Å². The molecule has 0 aliphatic heterocycles. The zero-order valence-electron chi connectivity index (χ0n) is 25.6. The van der Waals surface area contributed by atoms with Gasteiger partial charge in [-0.3, -0.25) is 30.8 Å². The van der Waals surface area contributed by atoms with E-state index in [2.05, 4.69) is 21.2 Å². The monoisotopic (exact) mass is 648 g/mol. The van der Waals surface area contributed by atoms with Gasteiger partial charge in [-0.05, 0) is 75.7 Å². The summed E-state index contributed by atoms with van der Waals surface area (Å²) in [6, 6.07) is 12.6. The second-order valence-corrected chi connectivity index (χ2v) is 9.59. The second kappa shape index (κ2) is 16.5. The molecule has 3 aromatic rings. The Labute approximate surface area is 262 Å². The van der Waals surface area contributed by atoms with Crippen molar-refractivity contribution in [1.82, 2.24) is 15.8 Å². The topological polar surface area (TPSA) is 198 Å². The quantitative estimate of drug-likeness (QED) is 0.0999. The third-order valence-electron chi connectivity index (χ3n) is 5.82. The van der Waals surface area contributed by atoms with Gasteiger partial charge in [0.05, 0.1) is 25.5 Å². The fourth-order valence-electron chi connectivity index (χ4n) is 3.78. The Hall–Kier alpha value is -5.54. The number of aromatic nitrogens is 1. The summed E-state index contributed by atoms with van der Waals surface area (Å²) in [5.41, 5.74) is 12.9. The molecular weight excluding hydrogens is 613 g/mol. The zero-order chi connectivity index (χ0) is 34.6. The number of methoxy groups -OCH3 is 1. The van der Waals surface area contributed by atoms with Crippen molar-refractivity contribution in [1.29, 1.82) is 5.41 Å². The molecule has 0 bridgehead atoms. The molecule has 0 saturated carbocycles. The number of aryl methyl sites for hydroxylation is 1. The van der Waals surface area contributed by atoms with E-state index in [1.807, 2.05) is 20.8 Å². The minimum atomic E-state index is -5.08. The number of pyridine rings is 1. The Morgan fingerprint density at radius 1 is 1.02 bits per heavy atom. The number of nitrogen functional groups attached to an aromatic ring is 1. The lowest BCUT2D eigenvalue weighted by Gasteiger charge is -2.22. The Morgan fingerprint density at radius 3 is 2.17 bits per heavy atom. The van der Waals surface area contributed by atoms with E-state index in [-0.39, 0.29) is 17.5 Å². The van der Waals surface area contributed by atoms with E-state index >= 15 is 0 Å². The molecule has 7 N–H and O–H groups in total. The van der Waals surface area contributed by atoms with E-state index < -0.39 is 30.0 Å². The summed E-state index contributed by atoms with van der Waals surface area (Å²) in [6.07, 6.45) is -3.63. The van der Waals surface area contributed by atoms with E-state index in [9.17, 15) is 22.8 Å². The lowest BCUT2D eigenvalue weighted by atomic mass is 10.0. The number of halogens is 3. The van der Waals surface area contributed by atoms with Crippen LogP contribution in [0.5, 0.6) is 17.2 Å². The molecule has 1 atom stereocenters. The first kappa shape index (κ1) is 36.7. The lowest BCUT2D eigenvalue weighted by molar-refractivity contribution is -0.192. The number of benzene rings is 2. The summed E-state index contributed by atoms with van der Waals surface area (Å²) in [7, 11) is 1.45. The molecule has 1 heterocycles. The number of nitrogens with one attached hydrogen (secondary N) is 4. The number of anilines is 1. The number of ether oxygens (including phenoxy) is 3. The van der Waals surface area contributed by atoms with Gasteiger partial charge in [0.15, 0.2) is 11.5 Å². The summed E-state index contributed by atoms with van der Waals surface area (Å²) < 4.78 is 48.6. The molecule has 1 unspecified atom stereocenters. The predicted molar refractivity (Wildman–Crippen MR) is 162 cm³/mol. The van der Waals surface area contributed by atoms with Crippen molar-refractivity contribution in [3.8, 4) is 17.2 Å². The van der Waals surface area contributed by atoms with Crippen LogP contribution in [-0.4, -0.2) is 59.7 Å². The van der Waals surface area contributed by atoms with Gasteiger partial charge >= 0.3 is 12.1 Å². The SMILES string of the molecule is CCOc1cc(C(Nc2ccc(C(=N)N)cc2)C(=O)NNC(=O)c2c(OC)ccnc2C)ccc1OC(C)C.O=C(O)C(F)(F)F. The van der Waals surface area contributed by atoms with Crippen LogP contribution < -0.4 is 36.1 Å². The number of nitrogens with two attached hydrogens (primary N) is 1. The van der Waals surface area contributed by atoms with Crippen molar-refractivity contribution in [2.45, 2.75) is 46.0 Å². The van der Waals surface area contributed by atoms with Crippen LogP contribution >= 0.6 is 0 Å². The van der Waals surface area contributed by atoms with Crippen LogP contribution in [0.1, 0.15) is 54.0 Å². The molecule has 2 amide bonds. The van der Waals surface area contributed by atoms with E-state index in [0.717, 1.165) is 0 Å². The number of amides is 2. The minimum absolute atomic E-state index is 0.0678. The standard InChI is InChI=1S/C28H34N6O5.C2HF3O2/c1-6-38-23-15-19(9-12-21(23)39-16(2)3)25(32-20-10-7-18(8-11-20)26(29)30)28(36)34-33-27(35)24-17(4)31-14-13-22(24)37-5;3-2(4,5)1(6)7/h7-16,25,32H,6H2,1-5H3,(H3,29,30)(H,33,35)(H,34,36);(H,6,7). The summed E-state index contributed by atoms with van der Waals surface area (Å²) in [4.78, 5) is 39.4. The third kappa shape index (κ3) is 10.6. The molecule has 0 saturated heterocycles. The Bertz CT molecular complexity index is 1530. The van der Waals surface area contributed by atoms with Gasteiger partial charge in [0.1, 0.15) is 23.2 Å². The Balaban J connectivity index is 0.000000942. The van der Waals surface area contributed by atoms with E-state index in [1.165, 1.54) is 13.3 Å². The van der Waals surface area contributed by atoms with Crippen LogP contribution in [-0.2, 0) is 9.59 Å². The number of nitrogens with zero attached hydrogens (tertiary/aromatic N) is 1. The van der Waals surface area contributed by atoms with Crippen molar-refractivity contribution in [3.05, 3.63) is 77.1 Å². The van der Waals surface area contributed by atoms with Crippen molar-refractivity contribution < 1.29 is 46.9 Å². The number of carbonyl (C=O) groups is 3. The van der Waals surface area contributed by atoms with Gasteiger partial charge in [-0.25, -0.2) is 4.79 Å². The molecule has 0 fully saturated rings. The van der Waals surface area contributed by atoms with E-state index in [4.69, 9.17) is 35.3 Å². The van der Waals surface area contributed by atoms with Crippen molar-refractivity contribution in [2.24, 2.45) is 5.73 Å². The average Bonchev–Trinajstić information content (AvgIpc) is 2.99. The fourth-order valence-corrected chi connectivity index (χ4v) is 3.78. The second-order valence-electron chi connectivity index (χ2n) is 9.59. The molecule has 13 nitrogen and oxygen atoms in total. The van der Waals surface area contributed by atoms with Crippen LogP contribution in [0.2, 0.25) is 0 Å². The van der Waals surface area contributed by atoms with Gasteiger partial charge < -0.3 is 30.4 Å². The van der Waals surface area contributed by atoms with Gasteiger partial charge in [0.2, 0.25) is 0 Å². The van der Waals surface area contributed by atoms with Crippen LogP contribution in [0.25, 0.3) is 0 Å². The normalized spacial score (nSPS) is 11.3. The van der Waals surface area contributed by atoms with Crippen molar-refractivity contribution in [3.63, 3.8) is 0 Å². The predicted octanol–water partition coefficient (Wildman–Crippen LogP) is 4.12. The number of rotatable bonds is 11. The highest BCUT2D eigenvalue weighted by Crippen LogP contribution is 2.33.